The Morgan fingerprint density at radius 2 is 0.946 bits per heavy atom. The van der Waals surface area contributed by atoms with Gasteiger partial charge in [-0.3, -0.25) is 0 Å². The maximum Gasteiger partial charge on any atom is 0.137 e. The van der Waals surface area contributed by atoms with Gasteiger partial charge in [0.2, 0.25) is 0 Å². The molecule has 0 atom stereocenters. The molecule has 0 saturated carbocycles. The Hall–Kier alpha value is -7.16. The fraction of sp³-hybridized carbons (Fsp3) is 0.0370. The highest BCUT2D eigenvalue weighted by atomic mass is 16.3. The lowest BCUT2D eigenvalue weighted by Gasteiger charge is -2.28. The predicted octanol–water partition coefficient (Wildman–Crippen LogP) is 15.5. The van der Waals surface area contributed by atoms with E-state index in [1.807, 2.05) is 0 Å². The van der Waals surface area contributed by atoms with Crippen LogP contribution in [0.4, 0.5) is 17.1 Å². The summed E-state index contributed by atoms with van der Waals surface area (Å²) < 4.78 is 6.61. The molecule has 266 valence electrons. The van der Waals surface area contributed by atoms with Crippen LogP contribution >= 0.6 is 0 Å². The normalized spacial score (nSPS) is 11.4. The van der Waals surface area contributed by atoms with Crippen molar-refractivity contribution in [3.05, 3.63) is 211 Å². The zero-order chi connectivity index (χ0) is 37.6. The van der Waals surface area contributed by atoms with Gasteiger partial charge in [0.15, 0.2) is 0 Å². The van der Waals surface area contributed by atoms with E-state index in [0.29, 0.717) is 0 Å². The third-order valence-electron chi connectivity index (χ3n) is 11.0. The van der Waals surface area contributed by atoms with Gasteiger partial charge in [-0.2, -0.15) is 0 Å². The second-order valence-corrected chi connectivity index (χ2v) is 14.7. The van der Waals surface area contributed by atoms with Crippen molar-refractivity contribution in [2.45, 2.75) is 13.8 Å². The SMILES string of the molecule is Cc1cc(C)c2c(c1)oc1cc(N(c3ccc(-c4ccc(-c5ccccc5)cc4-c4ccccc4)cc3)c3cc4ccccc4cc3-c3ccccc3)ccc12. The van der Waals surface area contributed by atoms with Crippen molar-refractivity contribution in [2.24, 2.45) is 0 Å². The summed E-state index contributed by atoms with van der Waals surface area (Å²) in [7, 11) is 0. The van der Waals surface area contributed by atoms with Crippen LogP contribution in [0.2, 0.25) is 0 Å². The van der Waals surface area contributed by atoms with E-state index in [9.17, 15) is 0 Å². The molecule has 0 spiro atoms. The van der Waals surface area contributed by atoms with Crippen molar-refractivity contribution in [3.8, 4) is 44.5 Å². The van der Waals surface area contributed by atoms with Crippen molar-refractivity contribution in [2.75, 3.05) is 4.90 Å². The van der Waals surface area contributed by atoms with Crippen LogP contribution in [0.25, 0.3) is 77.2 Å². The van der Waals surface area contributed by atoms with Crippen LogP contribution in [0, 0.1) is 13.8 Å². The standard InChI is InChI=1S/C54H39NO/c1-36-30-37(2)54-48-29-27-46(35-52(48)56-53(54)31-36)55(51-34-43-21-13-12-20-42(43)33-50(51)40-18-10-5-11-19-40)45-25-22-41(23-26-45)47-28-24-44(38-14-6-3-7-15-38)32-49(47)39-16-8-4-9-17-39/h3-35H,1-2H3. The number of aryl methyl sites for hydroxylation is 2. The minimum absolute atomic E-state index is 0.876. The average molecular weight is 718 g/mol. The van der Waals surface area contributed by atoms with Gasteiger partial charge in [0.25, 0.3) is 0 Å². The molecule has 0 radical (unpaired) electrons. The number of hydrogen-bond acceptors (Lipinski definition) is 2. The zero-order valence-corrected chi connectivity index (χ0v) is 31.4. The molecule has 2 heteroatoms. The molecule has 9 aromatic carbocycles. The molecule has 0 bridgehead atoms. The molecule has 0 aliphatic carbocycles. The minimum atomic E-state index is 0.876. The van der Waals surface area contributed by atoms with E-state index in [-0.39, 0.29) is 0 Å². The fourth-order valence-electron chi connectivity index (χ4n) is 8.36. The number of furan rings is 1. The first-order valence-electron chi connectivity index (χ1n) is 19.2. The molecule has 10 aromatic rings. The maximum absolute atomic E-state index is 6.61. The highest BCUT2D eigenvalue weighted by Gasteiger charge is 2.21. The Kier molecular flexibility index (Phi) is 8.30. The molecular weight excluding hydrogens is 679 g/mol. The van der Waals surface area contributed by atoms with E-state index in [0.717, 1.165) is 50.3 Å². The Morgan fingerprint density at radius 1 is 0.375 bits per heavy atom. The summed E-state index contributed by atoms with van der Waals surface area (Å²) in [5.41, 5.74) is 16.9. The van der Waals surface area contributed by atoms with Crippen molar-refractivity contribution in [3.63, 3.8) is 0 Å². The molecule has 56 heavy (non-hydrogen) atoms. The molecule has 2 nitrogen and oxygen atoms in total. The van der Waals surface area contributed by atoms with E-state index in [1.165, 1.54) is 55.1 Å². The lowest BCUT2D eigenvalue weighted by Crippen LogP contribution is -2.11. The van der Waals surface area contributed by atoms with E-state index in [4.69, 9.17) is 4.42 Å². The fourth-order valence-corrected chi connectivity index (χ4v) is 8.36. The molecule has 0 amide bonds. The van der Waals surface area contributed by atoms with Gasteiger partial charge in [0, 0.05) is 33.8 Å². The van der Waals surface area contributed by atoms with Crippen LogP contribution in [0.3, 0.4) is 0 Å². The van der Waals surface area contributed by atoms with E-state index >= 15 is 0 Å². The van der Waals surface area contributed by atoms with Gasteiger partial charge >= 0.3 is 0 Å². The zero-order valence-electron chi connectivity index (χ0n) is 31.4. The monoisotopic (exact) mass is 717 g/mol. The highest BCUT2D eigenvalue weighted by Crippen LogP contribution is 2.45. The molecule has 1 aromatic heterocycles. The smallest absolute Gasteiger partial charge is 0.137 e. The molecule has 1 heterocycles. The Morgan fingerprint density at radius 3 is 1.64 bits per heavy atom. The number of fused-ring (bicyclic) bond motifs is 4. The summed E-state index contributed by atoms with van der Waals surface area (Å²) in [5, 5.41) is 4.70. The average Bonchev–Trinajstić information content (AvgIpc) is 3.62. The Balaban J connectivity index is 1.16. The molecule has 0 saturated heterocycles. The van der Waals surface area contributed by atoms with Crippen LogP contribution in [0.5, 0.6) is 0 Å². The number of benzene rings is 9. The molecule has 0 unspecified atom stereocenters. The second kappa shape index (κ2) is 13.9. The predicted molar refractivity (Wildman–Crippen MR) is 237 cm³/mol. The van der Waals surface area contributed by atoms with Gasteiger partial charge < -0.3 is 9.32 Å². The highest BCUT2D eigenvalue weighted by molar-refractivity contribution is 6.08. The van der Waals surface area contributed by atoms with Gasteiger partial charge in [-0.25, -0.2) is 0 Å². The van der Waals surface area contributed by atoms with Gasteiger partial charge in [-0.1, -0.05) is 146 Å². The van der Waals surface area contributed by atoms with Crippen molar-refractivity contribution < 1.29 is 4.42 Å². The summed E-state index contributed by atoms with van der Waals surface area (Å²) in [6, 6.07) is 72.3. The van der Waals surface area contributed by atoms with Crippen molar-refractivity contribution >= 4 is 49.8 Å². The van der Waals surface area contributed by atoms with Crippen LogP contribution in [0.1, 0.15) is 11.1 Å². The second-order valence-electron chi connectivity index (χ2n) is 14.7. The Bertz CT molecular complexity index is 3020. The van der Waals surface area contributed by atoms with Gasteiger partial charge in [-0.15, -0.1) is 0 Å². The molecule has 0 aliphatic rings. The summed E-state index contributed by atoms with van der Waals surface area (Å²) >= 11 is 0. The maximum atomic E-state index is 6.61. The number of hydrogen-bond donors (Lipinski definition) is 0. The van der Waals surface area contributed by atoms with E-state index < -0.39 is 0 Å². The van der Waals surface area contributed by atoms with Crippen LogP contribution in [-0.2, 0) is 0 Å². The third kappa shape index (κ3) is 6.02. The first-order chi connectivity index (χ1) is 27.6. The number of anilines is 3. The minimum Gasteiger partial charge on any atom is -0.456 e. The first kappa shape index (κ1) is 33.4. The first-order valence-corrected chi connectivity index (χ1v) is 19.2. The van der Waals surface area contributed by atoms with Gasteiger partial charge in [0.1, 0.15) is 11.2 Å². The van der Waals surface area contributed by atoms with Gasteiger partial charge in [-0.05, 0) is 123 Å². The van der Waals surface area contributed by atoms with E-state index in [2.05, 4.69) is 219 Å². The lowest BCUT2D eigenvalue weighted by molar-refractivity contribution is 0.668. The molecule has 0 N–H and O–H groups in total. The quantitative estimate of drug-likeness (QED) is 0.163. The molecule has 0 fully saturated rings. The summed E-state index contributed by atoms with van der Waals surface area (Å²) in [4.78, 5) is 2.39. The van der Waals surface area contributed by atoms with Crippen LogP contribution < -0.4 is 4.90 Å². The summed E-state index contributed by atoms with van der Waals surface area (Å²) in [5.74, 6) is 0. The lowest BCUT2D eigenvalue weighted by atomic mass is 9.91. The van der Waals surface area contributed by atoms with Crippen LogP contribution in [0.15, 0.2) is 205 Å². The van der Waals surface area contributed by atoms with E-state index in [1.54, 1.807) is 0 Å². The summed E-state index contributed by atoms with van der Waals surface area (Å²) in [6.07, 6.45) is 0. The Labute approximate surface area is 327 Å². The molecular formula is C54H39NO. The largest absolute Gasteiger partial charge is 0.456 e. The molecule has 0 aliphatic heterocycles. The summed E-state index contributed by atoms with van der Waals surface area (Å²) in [6.45, 7) is 4.30. The third-order valence-corrected chi connectivity index (χ3v) is 11.0. The van der Waals surface area contributed by atoms with Gasteiger partial charge in [0.05, 0.1) is 5.69 Å². The van der Waals surface area contributed by atoms with Crippen molar-refractivity contribution in [1.29, 1.82) is 0 Å². The van der Waals surface area contributed by atoms with Crippen LogP contribution in [-0.4, -0.2) is 0 Å². The molecule has 10 rings (SSSR count). The number of nitrogens with zero attached hydrogens (tertiary/aromatic N) is 1. The number of rotatable bonds is 7. The van der Waals surface area contributed by atoms with Crippen molar-refractivity contribution in [1.82, 2.24) is 0 Å². The topological polar surface area (TPSA) is 16.4 Å².